The summed E-state index contributed by atoms with van der Waals surface area (Å²) in [5.74, 6) is -0.777. The highest BCUT2D eigenvalue weighted by molar-refractivity contribution is 7.91. The monoisotopic (exact) mass is 309 g/mol. The lowest BCUT2D eigenvalue weighted by molar-refractivity contribution is -0.147. The van der Waals surface area contributed by atoms with E-state index >= 15 is 0 Å². The minimum absolute atomic E-state index is 0.0175. The van der Waals surface area contributed by atoms with Gasteiger partial charge in [-0.2, -0.15) is 5.26 Å². The highest BCUT2D eigenvalue weighted by Gasteiger charge is 2.40. The molecular weight excluding hydrogens is 290 g/mol. The zero-order valence-corrected chi connectivity index (χ0v) is 13.2. The van der Waals surface area contributed by atoms with Crippen LogP contribution in [0.3, 0.4) is 0 Å². The van der Waals surface area contributed by atoms with Gasteiger partial charge in [-0.25, -0.2) is 13.2 Å². The predicted molar refractivity (Wildman–Crippen MR) is 78.4 cm³/mol. The molecule has 0 heterocycles. The summed E-state index contributed by atoms with van der Waals surface area (Å²) in [6.45, 7) is 4.90. The molecule has 1 aromatic carbocycles. The van der Waals surface area contributed by atoms with E-state index in [0.29, 0.717) is 6.42 Å². The molecule has 1 atom stereocenters. The lowest BCUT2D eigenvalue weighted by Crippen LogP contribution is -2.34. The van der Waals surface area contributed by atoms with Crippen LogP contribution >= 0.6 is 0 Å². The number of esters is 1. The van der Waals surface area contributed by atoms with Gasteiger partial charge in [-0.15, -0.1) is 0 Å². The van der Waals surface area contributed by atoms with Gasteiger partial charge >= 0.3 is 5.97 Å². The Labute approximate surface area is 125 Å². The van der Waals surface area contributed by atoms with Crippen molar-refractivity contribution in [3.05, 3.63) is 29.8 Å². The second-order valence-electron chi connectivity index (χ2n) is 4.77. The largest absolute Gasteiger partial charge is 0.465 e. The van der Waals surface area contributed by atoms with E-state index in [1.54, 1.807) is 26.0 Å². The molecule has 0 fully saturated rings. The van der Waals surface area contributed by atoms with Gasteiger partial charge in [-0.05, 0) is 26.3 Å². The van der Waals surface area contributed by atoms with E-state index in [0.717, 1.165) is 0 Å². The molecule has 0 saturated heterocycles. The molecule has 0 aliphatic carbocycles. The van der Waals surface area contributed by atoms with E-state index in [2.05, 4.69) is 0 Å². The molecule has 0 aliphatic heterocycles. The lowest BCUT2D eigenvalue weighted by atomic mass is 9.84. The summed E-state index contributed by atoms with van der Waals surface area (Å²) in [6, 6.07) is 7.99. The van der Waals surface area contributed by atoms with Gasteiger partial charge in [0, 0.05) is 5.56 Å². The molecule has 0 aliphatic rings. The van der Waals surface area contributed by atoms with Crippen molar-refractivity contribution < 1.29 is 17.9 Å². The van der Waals surface area contributed by atoms with Crippen molar-refractivity contribution in [3.8, 4) is 6.07 Å². The fourth-order valence-electron chi connectivity index (χ4n) is 2.02. The Morgan fingerprint density at radius 2 is 1.95 bits per heavy atom. The Hall–Kier alpha value is -1.87. The maximum Gasteiger partial charge on any atom is 0.330 e. The molecule has 6 heteroatoms. The van der Waals surface area contributed by atoms with Crippen molar-refractivity contribution in [1.29, 1.82) is 5.26 Å². The first-order chi connectivity index (χ1) is 9.83. The first-order valence-corrected chi connectivity index (χ1v) is 8.39. The third-order valence-corrected chi connectivity index (χ3v) is 5.11. The number of hydrogen-bond acceptors (Lipinski definition) is 5. The molecule has 0 spiro atoms. The molecule has 0 aromatic heterocycles. The smallest absolute Gasteiger partial charge is 0.330 e. The van der Waals surface area contributed by atoms with E-state index in [4.69, 9.17) is 4.74 Å². The van der Waals surface area contributed by atoms with Gasteiger partial charge in [-0.3, -0.25) is 0 Å². The summed E-state index contributed by atoms with van der Waals surface area (Å²) in [4.78, 5) is 12.1. The Balaban J connectivity index is 3.50. The summed E-state index contributed by atoms with van der Waals surface area (Å²) < 4.78 is 29.6. The molecule has 21 heavy (non-hydrogen) atoms. The summed E-state index contributed by atoms with van der Waals surface area (Å²) in [7, 11) is -3.54. The Morgan fingerprint density at radius 1 is 1.33 bits per heavy atom. The van der Waals surface area contributed by atoms with E-state index in [1.807, 2.05) is 6.07 Å². The Kier molecular flexibility index (Phi) is 5.50. The maximum absolute atomic E-state index is 12.3. The van der Waals surface area contributed by atoms with Gasteiger partial charge < -0.3 is 4.74 Å². The molecular formula is C15H19NO4S. The van der Waals surface area contributed by atoms with Crippen LogP contribution in [0.2, 0.25) is 0 Å². The predicted octanol–water partition coefficient (Wildman–Crippen LogP) is 2.21. The van der Waals surface area contributed by atoms with Crippen molar-refractivity contribution in [3.63, 3.8) is 0 Å². The second kappa shape index (κ2) is 6.72. The van der Waals surface area contributed by atoms with Gasteiger partial charge in [0.1, 0.15) is 0 Å². The van der Waals surface area contributed by atoms with Gasteiger partial charge in [0.15, 0.2) is 15.3 Å². The standard InChI is InChI=1S/C15H19NO4S/c1-4-10-21(18,19)13-9-7-6-8-12(13)15(3,11-16)14(17)20-5-2/h6-9H,4-5,10H2,1-3H3. The van der Waals surface area contributed by atoms with Crippen LogP contribution in [0.25, 0.3) is 0 Å². The van der Waals surface area contributed by atoms with Gasteiger partial charge in [0.05, 0.1) is 23.3 Å². The molecule has 1 aromatic rings. The van der Waals surface area contributed by atoms with E-state index < -0.39 is 21.2 Å². The van der Waals surface area contributed by atoms with E-state index in [-0.39, 0.29) is 22.8 Å². The average molecular weight is 309 g/mol. The summed E-state index contributed by atoms with van der Waals surface area (Å²) in [6.07, 6.45) is 0.458. The number of nitrogens with zero attached hydrogens (tertiary/aromatic N) is 1. The average Bonchev–Trinajstić information content (AvgIpc) is 2.46. The number of hydrogen-bond donors (Lipinski definition) is 0. The second-order valence-corrected chi connectivity index (χ2v) is 6.85. The number of carbonyl (C=O) groups is 1. The zero-order valence-electron chi connectivity index (χ0n) is 12.4. The molecule has 5 nitrogen and oxygen atoms in total. The number of benzene rings is 1. The van der Waals surface area contributed by atoms with Gasteiger partial charge in [0.2, 0.25) is 0 Å². The third kappa shape index (κ3) is 3.42. The number of nitriles is 1. The number of rotatable bonds is 6. The van der Waals surface area contributed by atoms with Crippen LogP contribution in [0.15, 0.2) is 29.2 Å². The van der Waals surface area contributed by atoms with E-state index in [9.17, 15) is 18.5 Å². The molecule has 0 bridgehead atoms. The fourth-order valence-corrected chi connectivity index (χ4v) is 3.67. The molecule has 1 rings (SSSR count). The summed E-state index contributed by atoms with van der Waals surface area (Å²) in [5, 5.41) is 9.41. The quantitative estimate of drug-likeness (QED) is 0.752. The van der Waals surface area contributed by atoms with Crippen LogP contribution < -0.4 is 0 Å². The van der Waals surface area contributed by atoms with Crippen molar-refractivity contribution in [1.82, 2.24) is 0 Å². The van der Waals surface area contributed by atoms with Crippen LogP contribution in [0, 0.1) is 11.3 Å². The molecule has 1 unspecified atom stereocenters. The first kappa shape index (κ1) is 17.2. The summed E-state index contributed by atoms with van der Waals surface area (Å²) in [5.41, 5.74) is -1.48. The highest BCUT2D eigenvalue weighted by atomic mass is 32.2. The SMILES string of the molecule is CCCS(=O)(=O)c1ccccc1C(C)(C#N)C(=O)OCC. The number of ether oxygens (including phenoxy) is 1. The third-order valence-electron chi connectivity index (χ3n) is 3.14. The number of sulfone groups is 1. The van der Waals surface area contributed by atoms with Gasteiger partial charge in [0.25, 0.3) is 0 Å². The first-order valence-electron chi connectivity index (χ1n) is 6.74. The summed E-state index contributed by atoms with van der Waals surface area (Å²) >= 11 is 0. The van der Waals surface area contributed by atoms with E-state index in [1.165, 1.54) is 19.1 Å². The normalized spacial score (nSPS) is 14.0. The van der Waals surface area contributed by atoms with Crippen molar-refractivity contribution in [2.75, 3.05) is 12.4 Å². The fraction of sp³-hybridized carbons (Fsp3) is 0.467. The molecule has 0 saturated carbocycles. The highest BCUT2D eigenvalue weighted by Crippen LogP contribution is 2.31. The van der Waals surface area contributed by atoms with Crippen LogP contribution in [0.4, 0.5) is 0 Å². The Bertz CT molecular complexity index is 660. The topological polar surface area (TPSA) is 84.2 Å². The molecule has 0 amide bonds. The van der Waals surface area contributed by atoms with Crippen LogP contribution in [0.5, 0.6) is 0 Å². The van der Waals surface area contributed by atoms with Crippen molar-refractivity contribution in [2.45, 2.75) is 37.5 Å². The van der Waals surface area contributed by atoms with Crippen LogP contribution in [0.1, 0.15) is 32.8 Å². The van der Waals surface area contributed by atoms with Crippen LogP contribution in [-0.4, -0.2) is 26.7 Å². The zero-order chi connectivity index (χ0) is 16.1. The minimum atomic E-state index is -3.54. The number of carbonyl (C=O) groups excluding carboxylic acids is 1. The molecule has 0 N–H and O–H groups in total. The Morgan fingerprint density at radius 3 is 2.48 bits per heavy atom. The van der Waals surface area contributed by atoms with Crippen molar-refractivity contribution in [2.24, 2.45) is 0 Å². The maximum atomic E-state index is 12.3. The molecule has 114 valence electrons. The van der Waals surface area contributed by atoms with Gasteiger partial charge in [-0.1, -0.05) is 25.1 Å². The minimum Gasteiger partial charge on any atom is -0.465 e. The van der Waals surface area contributed by atoms with Crippen LogP contribution in [-0.2, 0) is 24.8 Å². The molecule has 0 radical (unpaired) electrons. The lowest BCUT2D eigenvalue weighted by Gasteiger charge is -2.22. The van der Waals surface area contributed by atoms with Crippen molar-refractivity contribution >= 4 is 15.8 Å².